The zero-order chi connectivity index (χ0) is 28.9. The minimum Gasteiger partial charge on any atom is -0.487 e. The van der Waals surface area contributed by atoms with E-state index < -0.39 is 34.0 Å². The molecule has 0 bridgehead atoms. The molecule has 4 rings (SSSR count). The smallest absolute Gasteiger partial charge is 0.321 e. The second-order valence-corrected chi connectivity index (χ2v) is 11.9. The van der Waals surface area contributed by atoms with E-state index in [2.05, 4.69) is 5.32 Å². The predicted molar refractivity (Wildman–Crippen MR) is 154 cm³/mol. The van der Waals surface area contributed by atoms with Crippen molar-refractivity contribution in [2.45, 2.75) is 30.9 Å². The first-order valence-electron chi connectivity index (χ1n) is 13.0. The molecule has 40 heavy (non-hydrogen) atoms. The number of aliphatic hydroxyl groups is 1. The summed E-state index contributed by atoms with van der Waals surface area (Å²) in [6.45, 7) is 3.41. The minimum atomic E-state index is -3.98. The van der Waals surface area contributed by atoms with Crippen LogP contribution in [0.15, 0.2) is 77.7 Å². The lowest BCUT2D eigenvalue weighted by atomic mass is 10.0. The van der Waals surface area contributed by atoms with Crippen LogP contribution in [0.25, 0.3) is 12.2 Å². The first-order valence-corrected chi connectivity index (χ1v) is 14.5. The number of hydrogen-bond donors (Lipinski definition) is 2. The van der Waals surface area contributed by atoms with E-state index in [0.29, 0.717) is 5.69 Å². The fourth-order valence-electron chi connectivity index (χ4n) is 4.43. The first-order chi connectivity index (χ1) is 19.1. The quantitative estimate of drug-likeness (QED) is 0.395. The van der Waals surface area contributed by atoms with E-state index in [0.717, 1.165) is 11.1 Å². The first kappa shape index (κ1) is 29.3. The van der Waals surface area contributed by atoms with Gasteiger partial charge in [0.25, 0.3) is 0 Å². The third kappa shape index (κ3) is 6.88. The van der Waals surface area contributed by atoms with Crippen LogP contribution in [0.4, 0.5) is 14.9 Å². The lowest BCUT2D eigenvalue weighted by Crippen LogP contribution is -2.50. The third-order valence-corrected chi connectivity index (χ3v) is 8.87. The summed E-state index contributed by atoms with van der Waals surface area (Å²) in [5.74, 6) is -0.563. The molecule has 212 valence electrons. The van der Waals surface area contributed by atoms with Crippen molar-refractivity contribution in [3.63, 3.8) is 0 Å². The van der Waals surface area contributed by atoms with Crippen molar-refractivity contribution in [2.75, 3.05) is 32.1 Å². The maximum atomic E-state index is 13.7. The Morgan fingerprint density at radius 2 is 1.80 bits per heavy atom. The average Bonchev–Trinajstić information content (AvgIpc) is 2.95. The Hall–Kier alpha value is -3.73. The van der Waals surface area contributed by atoms with E-state index in [4.69, 9.17) is 4.74 Å². The molecule has 0 aromatic heterocycles. The molecule has 8 nitrogen and oxygen atoms in total. The summed E-state index contributed by atoms with van der Waals surface area (Å²) >= 11 is 0. The van der Waals surface area contributed by atoms with Gasteiger partial charge in [-0.3, -0.25) is 0 Å². The van der Waals surface area contributed by atoms with Gasteiger partial charge in [-0.15, -0.1) is 0 Å². The molecule has 0 saturated heterocycles. The number of aliphatic hydroxyl groups excluding tert-OH is 1. The Balaban J connectivity index is 1.64. The van der Waals surface area contributed by atoms with Crippen LogP contribution in [0.1, 0.15) is 25.0 Å². The van der Waals surface area contributed by atoms with Gasteiger partial charge in [-0.2, -0.15) is 4.31 Å². The molecule has 3 aromatic rings. The van der Waals surface area contributed by atoms with Gasteiger partial charge in [0, 0.05) is 31.2 Å². The molecular weight excluding hydrogens is 533 g/mol. The fourth-order valence-corrected chi connectivity index (χ4v) is 6.25. The molecule has 2 N–H and O–H groups in total. The number of sulfonamides is 1. The minimum absolute atomic E-state index is 0.0000205. The maximum Gasteiger partial charge on any atom is 0.321 e. The number of carbonyl (C=O) groups excluding carboxylic acids is 1. The molecular formula is C30H34FN3O5S. The van der Waals surface area contributed by atoms with Crippen molar-refractivity contribution in [3.05, 3.63) is 89.7 Å². The molecule has 0 unspecified atom stereocenters. The van der Waals surface area contributed by atoms with Crippen LogP contribution in [-0.4, -0.2) is 67.7 Å². The number of urea groups is 1. The molecule has 1 heterocycles. The normalized spacial score (nSPS) is 19.6. The number of likely N-dealkylation sites (N-methyl/N-ethyl adjacent to an activating group) is 1. The summed E-state index contributed by atoms with van der Waals surface area (Å²) in [6, 6.07) is 19.0. The Morgan fingerprint density at radius 3 is 2.48 bits per heavy atom. The van der Waals surface area contributed by atoms with Gasteiger partial charge in [0.2, 0.25) is 10.0 Å². The van der Waals surface area contributed by atoms with Crippen LogP contribution >= 0.6 is 0 Å². The van der Waals surface area contributed by atoms with Crippen LogP contribution < -0.4 is 10.1 Å². The van der Waals surface area contributed by atoms with E-state index >= 15 is 0 Å². The fraction of sp³-hybridized carbons (Fsp3) is 0.300. The number of carbonyl (C=O) groups is 1. The zero-order valence-electron chi connectivity index (χ0n) is 22.7. The summed E-state index contributed by atoms with van der Waals surface area (Å²) in [4.78, 5) is 14.3. The number of anilines is 1. The summed E-state index contributed by atoms with van der Waals surface area (Å²) in [5.41, 5.74) is 2.18. The van der Waals surface area contributed by atoms with E-state index in [1.165, 1.54) is 39.5 Å². The molecule has 3 aromatic carbocycles. The van der Waals surface area contributed by atoms with Gasteiger partial charge in [0.15, 0.2) is 0 Å². The zero-order valence-corrected chi connectivity index (χ0v) is 23.5. The monoisotopic (exact) mass is 567 g/mol. The molecule has 0 fully saturated rings. The van der Waals surface area contributed by atoms with E-state index in [9.17, 15) is 22.7 Å². The summed E-state index contributed by atoms with van der Waals surface area (Å²) in [5, 5.41) is 12.6. The Morgan fingerprint density at radius 1 is 1.12 bits per heavy atom. The second kappa shape index (κ2) is 12.6. The van der Waals surface area contributed by atoms with Gasteiger partial charge in [0.1, 0.15) is 22.6 Å². The third-order valence-electron chi connectivity index (χ3n) is 6.85. The van der Waals surface area contributed by atoms with E-state index in [1.807, 2.05) is 49.4 Å². The highest BCUT2D eigenvalue weighted by atomic mass is 32.2. The van der Waals surface area contributed by atoms with Crippen LogP contribution in [-0.2, 0) is 10.0 Å². The predicted octanol–water partition coefficient (Wildman–Crippen LogP) is 4.93. The van der Waals surface area contributed by atoms with Gasteiger partial charge in [-0.1, -0.05) is 55.5 Å². The highest BCUT2D eigenvalue weighted by Gasteiger charge is 2.38. The van der Waals surface area contributed by atoms with Crippen molar-refractivity contribution >= 4 is 33.9 Å². The second-order valence-electron chi connectivity index (χ2n) is 10.0. The van der Waals surface area contributed by atoms with Crippen molar-refractivity contribution in [1.82, 2.24) is 9.21 Å². The number of hydrogen-bond acceptors (Lipinski definition) is 5. The highest BCUT2D eigenvalue weighted by molar-refractivity contribution is 7.89. The van der Waals surface area contributed by atoms with Crippen LogP contribution in [0.2, 0.25) is 0 Å². The molecule has 0 spiro atoms. The van der Waals surface area contributed by atoms with Crippen LogP contribution in [0.3, 0.4) is 0 Å². The molecule has 0 radical (unpaired) electrons. The topological polar surface area (TPSA) is 99.2 Å². The highest BCUT2D eigenvalue weighted by Crippen LogP contribution is 2.34. The Labute approximate surface area is 234 Å². The average molecular weight is 568 g/mol. The number of nitrogens with one attached hydrogen (secondary N) is 1. The van der Waals surface area contributed by atoms with Crippen molar-refractivity contribution in [3.8, 4) is 5.75 Å². The van der Waals surface area contributed by atoms with Crippen molar-refractivity contribution < 1.29 is 27.4 Å². The SMILES string of the molecule is C[C@@H]1CN([C@H](C)CO)S(=O)(=O)c2ccc(/C=C/c3ccccc3)cc2O[C@@H]1CN(C)C(=O)Nc1ccc(F)cc1. The van der Waals surface area contributed by atoms with Gasteiger partial charge in [-0.25, -0.2) is 17.6 Å². The van der Waals surface area contributed by atoms with Crippen molar-refractivity contribution in [2.24, 2.45) is 5.92 Å². The molecule has 1 aliphatic heterocycles. The van der Waals surface area contributed by atoms with Crippen LogP contribution in [0.5, 0.6) is 5.75 Å². The standard InChI is InChI=1S/C30H34FN3O5S/c1-21-18-34(22(2)20-35)40(37,38)29-16-11-24(10-9-23-7-5-4-6-8-23)17-27(29)39-28(21)19-33(3)30(36)32-26-14-12-25(31)13-15-26/h4-17,21-22,28,35H,18-20H2,1-3H3,(H,32,36)/b10-9+/t21-,22-,28-/m1/s1. The van der Waals surface area contributed by atoms with Gasteiger partial charge >= 0.3 is 6.03 Å². The van der Waals surface area contributed by atoms with Crippen LogP contribution in [0, 0.1) is 11.7 Å². The molecule has 0 aliphatic carbocycles. The number of rotatable bonds is 7. The molecule has 0 saturated carbocycles. The summed E-state index contributed by atoms with van der Waals surface area (Å²) in [6.07, 6.45) is 3.23. The van der Waals surface area contributed by atoms with Crippen molar-refractivity contribution in [1.29, 1.82) is 0 Å². The number of fused-ring (bicyclic) bond motifs is 1. The molecule has 3 atom stereocenters. The van der Waals surface area contributed by atoms with E-state index in [-0.39, 0.29) is 36.3 Å². The maximum absolute atomic E-state index is 13.7. The number of nitrogens with zero attached hydrogens (tertiary/aromatic N) is 2. The van der Waals surface area contributed by atoms with Gasteiger partial charge < -0.3 is 20.1 Å². The van der Waals surface area contributed by atoms with Gasteiger partial charge in [0.05, 0.1) is 13.2 Å². The molecule has 10 heteroatoms. The Kier molecular flexibility index (Phi) is 9.24. The van der Waals surface area contributed by atoms with Gasteiger partial charge in [-0.05, 0) is 54.4 Å². The largest absolute Gasteiger partial charge is 0.487 e. The summed E-state index contributed by atoms with van der Waals surface area (Å²) in [7, 11) is -2.37. The number of benzene rings is 3. The lowest BCUT2D eigenvalue weighted by molar-refractivity contribution is 0.0830. The Bertz CT molecular complexity index is 1450. The molecule has 1 aliphatic rings. The number of amides is 2. The van der Waals surface area contributed by atoms with E-state index in [1.54, 1.807) is 26.1 Å². The lowest BCUT2D eigenvalue weighted by Gasteiger charge is -2.37. The number of ether oxygens (including phenoxy) is 1. The number of halogens is 1. The molecule has 2 amide bonds. The summed E-state index contributed by atoms with van der Waals surface area (Å²) < 4.78 is 48.3.